The summed E-state index contributed by atoms with van der Waals surface area (Å²) in [5.74, 6) is 1.16. The van der Waals surface area contributed by atoms with Crippen LogP contribution in [-0.4, -0.2) is 11.8 Å². The van der Waals surface area contributed by atoms with E-state index in [1.807, 2.05) is 0 Å². The number of imide groups is 1. The van der Waals surface area contributed by atoms with Crippen molar-refractivity contribution >= 4 is 11.8 Å². The van der Waals surface area contributed by atoms with E-state index in [9.17, 15) is 9.59 Å². The summed E-state index contributed by atoms with van der Waals surface area (Å²) in [4.78, 5) is 24.7. The Hall–Kier alpha value is -0.860. The van der Waals surface area contributed by atoms with Crippen molar-refractivity contribution in [1.29, 1.82) is 0 Å². The van der Waals surface area contributed by atoms with E-state index in [0.29, 0.717) is 18.3 Å². The SMILES string of the molecule is CC1CC(C)(C)CC2(CC(=O)NC(=O)C2C2CCCC2)C1. The van der Waals surface area contributed by atoms with Gasteiger partial charge in [-0.1, -0.05) is 33.6 Å². The quantitative estimate of drug-likeness (QED) is 0.749. The van der Waals surface area contributed by atoms with Crippen LogP contribution < -0.4 is 5.32 Å². The molecule has 0 aromatic heterocycles. The molecular weight excluding hydrogens is 262 g/mol. The molecule has 1 saturated heterocycles. The lowest BCUT2D eigenvalue weighted by molar-refractivity contribution is -0.152. The Morgan fingerprint density at radius 3 is 2.38 bits per heavy atom. The highest BCUT2D eigenvalue weighted by Crippen LogP contribution is 2.58. The molecule has 118 valence electrons. The monoisotopic (exact) mass is 291 g/mol. The molecule has 1 aliphatic heterocycles. The predicted octanol–water partition coefficient (Wildman–Crippen LogP) is 3.67. The van der Waals surface area contributed by atoms with E-state index in [2.05, 4.69) is 26.1 Å². The lowest BCUT2D eigenvalue weighted by Crippen LogP contribution is -2.57. The second-order valence-corrected chi connectivity index (χ2v) is 8.83. The van der Waals surface area contributed by atoms with Gasteiger partial charge in [0.1, 0.15) is 0 Å². The van der Waals surface area contributed by atoms with E-state index in [1.54, 1.807) is 0 Å². The molecule has 3 heteroatoms. The van der Waals surface area contributed by atoms with Crippen LogP contribution >= 0.6 is 0 Å². The van der Waals surface area contributed by atoms with Crippen LogP contribution in [0.4, 0.5) is 0 Å². The molecule has 1 N–H and O–H groups in total. The van der Waals surface area contributed by atoms with Crippen molar-refractivity contribution in [2.45, 2.75) is 72.1 Å². The molecule has 0 bridgehead atoms. The number of hydrogen-bond donors (Lipinski definition) is 1. The minimum atomic E-state index is -0.0738. The molecule has 0 aromatic carbocycles. The molecule has 2 saturated carbocycles. The Balaban J connectivity index is 1.97. The fraction of sp³-hybridized carbons (Fsp3) is 0.889. The molecule has 3 fully saturated rings. The van der Waals surface area contributed by atoms with Gasteiger partial charge in [-0.2, -0.15) is 0 Å². The Morgan fingerprint density at radius 1 is 1.10 bits per heavy atom. The maximum atomic E-state index is 12.7. The smallest absolute Gasteiger partial charge is 0.230 e. The van der Waals surface area contributed by atoms with Crippen molar-refractivity contribution in [2.75, 3.05) is 0 Å². The molecule has 21 heavy (non-hydrogen) atoms. The van der Waals surface area contributed by atoms with Crippen molar-refractivity contribution in [3.8, 4) is 0 Å². The second kappa shape index (κ2) is 5.10. The van der Waals surface area contributed by atoms with Gasteiger partial charge in [-0.3, -0.25) is 14.9 Å². The topological polar surface area (TPSA) is 46.2 Å². The van der Waals surface area contributed by atoms with Gasteiger partial charge in [0.15, 0.2) is 0 Å². The highest BCUT2D eigenvalue weighted by Gasteiger charge is 2.55. The summed E-state index contributed by atoms with van der Waals surface area (Å²) in [6, 6.07) is 0. The number of hydrogen-bond acceptors (Lipinski definition) is 2. The zero-order valence-corrected chi connectivity index (χ0v) is 13.7. The van der Waals surface area contributed by atoms with Crippen molar-refractivity contribution in [3.63, 3.8) is 0 Å². The third-order valence-electron chi connectivity index (χ3n) is 6.08. The molecular formula is C18H29NO2. The predicted molar refractivity (Wildman–Crippen MR) is 82.4 cm³/mol. The Labute approximate surface area is 128 Å². The Kier molecular flexibility index (Phi) is 3.66. The van der Waals surface area contributed by atoms with Crippen molar-refractivity contribution < 1.29 is 9.59 Å². The molecule has 3 nitrogen and oxygen atoms in total. The lowest BCUT2D eigenvalue weighted by Gasteiger charge is -2.54. The average molecular weight is 291 g/mol. The van der Waals surface area contributed by atoms with E-state index < -0.39 is 0 Å². The molecule has 2 amide bonds. The summed E-state index contributed by atoms with van der Waals surface area (Å²) >= 11 is 0. The maximum Gasteiger partial charge on any atom is 0.230 e. The van der Waals surface area contributed by atoms with Crippen molar-refractivity contribution in [1.82, 2.24) is 5.32 Å². The van der Waals surface area contributed by atoms with Gasteiger partial charge in [-0.25, -0.2) is 0 Å². The van der Waals surface area contributed by atoms with Gasteiger partial charge in [-0.15, -0.1) is 0 Å². The molecule has 3 aliphatic rings. The fourth-order valence-corrected chi connectivity index (χ4v) is 6.15. The highest BCUT2D eigenvalue weighted by atomic mass is 16.2. The van der Waals surface area contributed by atoms with Gasteiger partial charge in [0.2, 0.25) is 11.8 Å². The first kappa shape index (κ1) is 15.1. The van der Waals surface area contributed by atoms with Crippen LogP contribution in [0, 0.1) is 28.6 Å². The van der Waals surface area contributed by atoms with Crippen LogP contribution in [0.3, 0.4) is 0 Å². The van der Waals surface area contributed by atoms with Gasteiger partial charge >= 0.3 is 0 Å². The van der Waals surface area contributed by atoms with Crippen LogP contribution in [0.1, 0.15) is 72.1 Å². The Morgan fingerprint density at radius 2 is 1.76 bits per heavy atom. The van der Waals surface area contributed by atoms with Gasteiger partial charge in [-0.05, 0) is 54.8 Å². The standard InChI is InChI=1S/C18H29NO2/c1-12-8-17(2,3)11-18(9-12)10-14(20)19-16(21)15(18)13-6-4-5-7-13/h12-13,15H,4-11H2,1-3H3,(H,19,20,21). The molecule has 3 atom stereocenters. The largest absolute Gasteiger partial charge is 0.296 e. The number of nitrogens with one attached hydrogen (secondary N) is 1. The summed E-state index contributed by atoms with van der Waals surface area (Å²) in [6.07, 6.45) is 8.69. The number of piperidine rings is 1. The summed E-state index contributed by atoms with van der Waals surface area (Å²) < 4.78 is 0. The molecule has 3 unspecified atom stereocenters. The number of carbonyl (C=O) groups is 2. The lowest BCUT2D eigenvalue weighted by atomic mass is 9.51. The first-order valence-corrected chi connectivity index (χ1v) is 8.65. The van der Waals surface area contributed by atoms with Crippen LogP contribution in [0.25, 0.3) is 0 Å². The van der Waals surface area contributed by atoms with Gasteiger partial charge < -0.3 is 0 Å². The molecule has 3 rings (SSSR count). The normalized spacial score (nSPS) is 40.5. The first-order valence-electron chi connectivity index (χ1n) is 8.65. The molecule has 2 aliphatic carbocycles. The molecule has 0 aromatic rings. The third-order valence-corrected chi connectivity index (χ3v) is 6.08. The van der Waals surface area contributed by atoms with Gasteiger partial charge in [0, 0.05) is 12.3 Å². The summed E-state index contributed by atoms with van der Waals surface area (Å²) in [5.41, 5.74) is 0.169. The first-order chi connectivity index (χ1) is 9.81. The minimum absolute atomic E-state index is 0.0306. The average Bonchev–Trinajstić information content (AvgIpc) is 2.77. The van der Waals surface area contributed by atoms with E-state index in [0.717, 1.165) is 12.8 Å². The zero-order valence-electron chi connectivity index (χ0n) is 13.7. The molecule has 1 spiro atoms. The number of carbonyl (C=O) groups excluding carboxylic acids is 2. The second-order valence-electron chi connectivity index (χ2n) is 8.83. The summed E-state index contributed by atoms with van der Waals surface area (Å²) in [5, 5.41) is 2.64. The maximum absolute atomic E-state index is 12.7. The number of rotatable bonds is 1. The summed E-state index contributed by atoms with van der Waals surface area (Å²) in [7, 11) is 0. The summed E-state index contributed by atoms with van der Waals surface area (Å²) in [6.45, 7) is 6.92. The van der Waals surface area contributed by atoms with Gasteiger partial charge in [0.25, 0.3) is 0 Å². The van der Waals surface area contributed by atoms with E-state index in [4.69, 9.17) is 0 Å². The van der Waals surface area contributed by atoms with Crippen LogP contribution in [0.2, 0.25) is 0 Å². The van der Waals surface area contributed by atoms with Crippen LogP contribution in [0.5, 0.6) is 0 Å². The van der Waals surface area contributed by atoms with E-state index in [-0.39, 0.29) is 28.6 Å². The minimum Gasteiger partial charge on any atom is -0.296 e. The van der Waals surface area contributed by atoms with Crippen LogP contribution in [0.15, 0.2) is 0 Å². The van der Waals surface area contributed by atoms with Crippen LogP contribution in [-0.2, 0) is 9.59 Å². The van der Waals surface area contributed by atoms with E-state index >= 15 is 0 Å². The van der Waals surface area contributed by atoms with Crippen molar-refractivity contribution in [3.05, 3.63) is 0 Å². The third kappa shape index (κ3) is 2.76. The van der Waals surface area contributed by atoms with Crippen molar-refractivity contribution in [2.24, 2.45) is 28.6 Å². The molecule has 1 heterocycles. The number of amides is 2. The van der Waals surface area contributed by atoms with Gasteiger partial charge in [0.05, 0.1) is 0 Å². The fourth-order valence-electron chi connectivity index (χ4n) is 6.15. The highest BCUT2D eigenvalue weighted by molar-refractivity contribution is 6.00. The Bertz CT molecular complexity index is 450. The molecule has 0 radical (unpaired) electrons. The van der Waals surface area contributed by atoms with E-state index in [1.165, 1.54) is 32.1 Å². The zero-order chi connectivity index (χ0) is 15.3.